The Labute approximate surface area is 125 Å². The maximum absolute atomic E-state index is 12.4. The van der Waals surface area contributed by atoms with Crippen LogP contribution in [0.5, 0.6) is 0 Å². The van der Waals surface area contributed by atoms with Crippen LogP contribution in [0.4, 0.5) is 0 Å². The number of piperidine rings is 1. The highest BCUT2D eigenvalue weighted by Gasteiger charge is 2.32. The first-order valence-corrected chi connectivity index (χ1v) is 7.99. The summed E-state index contributed by atoms with van der Waals surface area (Å²) < 4.78 is 5.39. The fraction of sp³-hybridized carbons (Fsp3) is 0.800. The Hall–Kier alpha value is -1.43. The molecule has 116 valence electrons. The minimum Gasteiger partial charge on any atom is -0.344 e. The lowest BCUT2D eigenvalue weighted by atomic mass is 9.95. The van der Waals surface area contributed by atoms with Gasteiger partial charge in [0.2, 0.25) is 11.8 Å². The molecule has 1 aromatic heterocycles. The van der Waals surface area contributed by atoms with Crippen LogP contribution in [0, 0.1) is 11.8 Å². The third-order valence-electron chi connectivity index (χ3n) is 4.34. The largest absolute Gasteiger partial charge is 0.344 e. The van der Waals surface area contributed by atoms with Crippen molar-refractivity contribution in [2.24, 2.45) is 11.8 Å². The molecule has 0 bridgehead atoms. The van der Waals surface area contributed by atoms with Crippen LogP contribution in [0.2, 0.25) is 0 Å². The van der Waals surface area contributed by atoms with Crippen LogP contribution in [0.15, 0.2) is 4.52 Å². The fourth-order valence-corrected chi connectivity index (χ4v) is 2.75. The zero-order valence-electron chi connectivity index (χ0n) is 12.8. The van der Waals surface area contributed by atoms with Crippen LogP contribution in [0.1, 0.15) is 63.2 Å². The normalized spacial score (nSPS) is 21.5. The van der Waals surface area contributed by atoms with Gasteiger partial charge in [0, 0.05) is 11.8 Å². The first-order valence-electron chi connectivity index (χ1n) is 7.99. The third kappa shape index (κ3) is 3.43. The number of aromatic nitrogens is 2. The molecule has 1 saturated carbocycles. The molecule has 3 rings (SSSR count). The van der Waals surface area contributed by atoms with Gasteiger partial charge in [0.1, 0.15) is 6.04 Å². The zero-order chi connectivity index (χ0) is 14.8. The molecule has 1 saturated heterocycles. The molecule has 0 radical (unpaired) electrons. The summed E-state index contributed by atoms with van der Waals surface area (Å²) in [5, 5.41) is 10.4. The summed E-state index contributed by atoms with van der Waals surface area (Å²) in [6.07, 6.45) is 4.08. The van der Waals surface area contributed by atoms with E-state index in [9.17, 15) is 4.79 Å². The third-order valence-corrected chi connectivity index (χ3v) is 4.34. The molecule has 1 amide bonds. The molecule has 21 heavy (non-hydrogen) atoms. The molecule has 2 heterocycles. The van der Waals surface area contributed by atoms with Gasteiger partial charge in [-0.2, -0.15) is 4.98 Å². The van der Waals surface area contributed by atoms with E-state index in [-0.39, 0.29) is 23.8 Å². The summed E-state index contributed by atoms with van der Waals surface area (Å²) in [4.78, 5) is 16.9. The highest BCUT2D eigenvalue weighted by molar-refractivity contribution is 5.79. The first kappa shape index (κ1) is 14.5. The molecule has 1 unspecified atom stereocenters. The van der Waals surface area contributed by atoms with E-state index in [0.717, 1.165) is 44.6 Å². The molecule has 1 aliphatic carbocycles. The number of nitrogens with zero attached hydrogens (tertiary/aromatic N) is 2. The smallest absolute Gasteiger partial charge is 0.249 e. The topological polar surface area (TPSA) is 80.0 Å². The van der Waals surface area contributed by atoms with Crippen LogP contribution in [0.3, 0.4) is 0 Å². The van der Waals surface area contributed by atoms with Crippen LogP contribution in [-0.4, -0.2) is 29.1 Å². The Morgan fingerprint density at radius 3 is 2.62 bits per heavy atom. The summed E-state index contributed by atoms with van der Waals surface area (Å²) in [7, 11) is 0. The van der Waals surface area contributed by atoms with Gasteiger partial charge in [0.25, 0.3) is 0 Å². The lowest BCUT2D eigenvalue weighted by Crippen LogP contribution is -2.41. The second-order valence-corrected chi connectivity index (χ2v) is 6.52. The number of carbonyl (C=O) groups is 1. The molecule has 1 aliphatic heterocycles. The zero-order valence-corrected chi connectivity index (χ0v) is 12.8. The Kier molecular flexibility index (Phi) is 4.24. The number of hydrogen-bond donors (Lipinski definition) is 2. The van der Waals surface area contributed by atoms with E-state index in [1.807, 2.05) is 0 Å². The first-order chi connectivity index (χ1) is 10.1. The van der Waals surface area contributed by atoms with Gasteiger partial charge >= 0.3 is 0 Å². The molecular formula is C15H24N4O2. The minimum absolute atomic E-state index is 0.0957. The van der Waals surface area contributed by atoms with Crippen molar-refractivity contribution in [3.63, 3.8) is 0 Å². The van der Waals surface area contributed by atoms with E-state index >= 15 is 0 Å². The molecule has 6 nitrogen and oxygen atoms in total. The van der Waals surface area contributed by atoms with E-state index in [2.05, 4.69) is 34.6 Å². The van der Waals surface area contributed by atoms with Gasteiger partial charge in [-0.1, -0.05) is 19.0 Å². The predicted molar refractivity (Wildman–Crippen MR) is 77.6 cm³/mol. The number of amides is 1. The number of carbonyl (C=O) groups excluding carboxylic acids is 1. The number of rotatable bonds is 5. The van der Waals surface area contributed by atoms with E-state index < -0.39 is 0 Å². The van der Waals surface area contributed by atoms with Crippen molar-refractivity contribution in [3.8, 4) is 0 Å². The average Bonchev–Trinajstić information content (AvgIpc) is 3.23. The minimum atomic E-state index is -0.188. The van der Waals surface area contributed by atoms with Crippen molar-refractivity contribution >= 4 is 5.91 Å². The maximum atomic E-state index is 12.4. The van der Waals surface area contributed by atoms with Crippen LogP contribution in [0.25, 0.3) is 0 Å². The van der Waals surface area contributed by atoms with Gasteiger partial charge in [-0.3, -0.25) is 4.79 Å². The molecule has 0 spiro atoms. The molecule has 2 aliphatic rings. The molecule has 2 N–H and O–H groups in total. The van der Waals surface area contributed by atoms with E-state index in [0.29, 0.717) is 11.8 Å². The Morgan fingerprint density at radius 1 is 1.29 bits per heavy atom. The van der Waals surface area contributed by atoms with Crippen LogP contribution >= 0.6 is 0 Å². The standard InChI is InChI=1S/C15H24N4O2/c1-9(2)12(15-18-13(19-21-15)10-3-4-10)17-14(20)11-5-7-16-8-6-11/h9-12,16H,3-8H2,1-2H3,(H,17,20). The van der Waals surface area contributed by atoms with Crippen molar-refractivity contribution in [1.82, 2.24) is 20.8 Å². The average molecular weight is 292 g/mol. The van der Waals surface area contributed by atoms with Gasteiger partial charge < -0.3 is 15.2 Å². The summed E-state index contributed by atoms with van der Waals surface area (Å²) in [5.41, 5.74) is 0. The summed E-state index contributed by atoms with van der Waals surface area (Å²) in [6, 6.07) is -0.188. The van der Waals surface area contributed by atoms with Gasteiger partial charge in [-0.05, 0) is 44.7 Å². The number of hydrogen-bond acceptors (Lipinski definition) is 5. The van der Waals surface area contributed by atoms with Crippen molar-refractivity contribution < 1.29 is 9.32 Å². The monoisotopic (exact) mass is 292 g/mol. The van der Waals surface area contributed by atoms with Crippen LogP contribution < -0.4 is 10.6 Å². The Bertz CT molecular complexity index is 490. The maximum Gasteiger partial charge on any atom is 0.249 e. The van der Waals surface area contributed by atoms with Crippen molar-refractivity contribution in [1.29, 1.82) is 0 Å². The second-order valence-electron chi connectivity index (χ2n) is 6.52. The van der Waals surface area contributed by atoms with Gasteiger partial charge in [0.05, 0.1) is 0 Å². The van der Waals surface area contributed by atoms with Crippen molar-refractivity contribution in [3.05, 3.63) is 11.7 Å². The summed E-state index contributed by atoms with van der Waals surface area (Å²) >= 11 is 0. The highest BCUT2D eigenvalue weighted by atomic mass is 16.5. The van der Waals surface area contributed by atoms with Crippen molar-refractivity contribution in [2.75, 3.05) is 13.1 Å². The SMILES string of the molecule is CC(C)C(NC(=O)C1CCNCC1)c1nc(C2CC2)no1. The summed E-state index contributed by atoms with van der Waals surface area (Å²) in [6.45, 7) is 5.95. The lowest BCUT2D eigenvalue weighted by molar-refractivity contribution is -0.127. The molecule has 1 aromatic rings. The van der Waals surface area contributed by atoms with Crippen molar-refractivity contribution in [2.45, 2.75) is 51.5 Å². The predicted octanol–water partition coefficient (Wildman–Crippen LogP) is 1.76. The van der Waals surface area contributed by atoms with E-state index in [4.69, 9.17) is 4.52 Å². The highest BCUT2D eigenvalue weighted by Crippen LogP contribution is 2.38. The van der Waals surface area contributed by atoms with Gasteiger partial charge in [-0.15, -0.1) is 0 Å². The molecule has 6 heteroatoms. The van der Waals surface area contributed by atoms with Crippen LogP contribution in [-0.2, 0) is 4.79 Å². The molecule has 1 atom stereocenters. The quantitative estimate of drug-likeness (QED) is 0.864. The lowest BCUT2D eigenvalue weighted by Gasteiger charge is -2.25. The number of nitrogens with one attached hydrogen (secondary N) is 2. The molecular weight excluding hydrogens is 268 g/mol. The summed E-state index contributed by atoms with van der Waals surface area (Å²) in [5.74, 6) is 2.25. The van der Waals surface area contributed by atoms with E-state index in [1.165, 1.54) is 0 Å². The van der Waals surface area contributed by atoms with Gasteiger partial charge in [0.15, 0.2) is 5.82 Å². The second kappa shape index (κ2) is 6.13. The Balaban J connectivity index is 1.66. The fourth-order valence-electron chi connectivity index (χ4n) is 2.75. The molecule has 2 fully saturated rings. The van der Waals surface area contributed by atoms with Gasteiger partial charge in [-0.25, -0.2) is 0 Å². The molecule has 0 aromatic carbocycles. The Morgan fingerprint density at radius 2 is 2.00 bits per heavy atom. The van der Waals surface area contributed by atoms with E-state index in [1.54, 1.807) is 0 Å².